The third-order valence-electron chi connectivity index (χ3n) is 5.12. The van der Waals surface area contributed by atoms with Gasteiger partial charge in [0.15, 0.2) is 0 Å². The monoisotopic (exact) mass is 356 g/mol. The van der Waals surface area contributed by atoms with Gasteiger partial charge in [-0.1, -0.05) is 6.07 Å². The molecular weight excluding hydrogens is 332 g/mol. The minimum Gasteiger partial charge on any atom is -0.382 e. The second kappa shape index (κ2) is 6.92. The first-order valence-electron chi connectivity index (χ1n) is 8.63. The Balaban J connectivity index is 2.02. The number of hydrogen-bond acceptors (Lipinski definition) is 4. The van der Waals surface area contributed by atoms with Gasteiger partial charge >= 0.3 is 0 Å². The smallest absolute Gasteiger partial charge is 0.256 e. The number of pyridine rings is 1. The molecule has 1 saturated heterocycles. The summed E-state index contributed by atoms with van der Waals surface area (Å²) in [4.78, 5) is 31.4. The number of nitrogens with zero attached hydrogens (tertiary/aromatic N) is 3. The maximum Gasteiger partial charge on any atom is 0.256 e. The molecule has 1 aliphatic rings. The normalized spacial score (nSPS) is 19.7. The molecule has 0 bridgehead atoms. The summed E-state index contributed by atoms with van der Waals surface area (Å²) in [5.41, 5.74) is 6.82. The van der Waals surface area contributed by atoms with Gasteiger partial charge in [-0.15, -0.1) is 0 Å². The highest BCUT2D eigenvalue weighted by molar-refractivity contribution is 6.00. The molecule has 7 heteroatoms. The first kappa shape index (κ1) is 18.1. The SMILES string of the molecule is COCC1(C(N)=O)CCCN1C(=O)c1cc(C)n(-c2ccccn2)c1C. The highest BCUT2D eigenvalue weighted by Crippen LogP contribution is 2.32. The predicted octanol–water partition coefficient (Wildman–Crippen LogP) is 1.60. The molecule has 0 saturated carbocycles. The summed E-state index contributed by atoms with van der Waals surface area (Å²) in [5.74, 6) is 0.0263. The van der Waals surface area contributed by atoms with Crippen molar-refractivity contribution in [2.45, 2.75) is 32.2 Å². The van der Waals surface area contributed by atoms with Gasteiger partial charge < -0.3 is 19.9 Å². The van der Waals surface area contributed by atoms with Gasteiger partial charge in [0.1, 0.15) is 11.4 Å². The molecule has 1 aliphatic heterocycles. The molecule has 26 heavy (non-hydrogen) atoms. The van der Waals surface area contributed by atoms with Crippen molar-refractivity contribution < 1.29 is 14.3 Å². The fourth-order valence-electron chi connectivity index (χ4n) is 3.85. The van der Waals surface area contributed by atoms with E-state index >= 15 is 0 Å². The number of rotatable bonds is 5. The molecule has 1 fully saturated rings. The van der Waals surface area contributed by atoms with E-state index < -0.39 is 11.4 Å². The minimum absolute atomic E-state index is 0.104. The highest BCUT2D eigenvalue weighted by atomic mass is 16.5. The zero-order chi connectivity index (χ0) is 18.9. The Labute approximate surface area is 152 Å². The molecule has 2 aromatic rings. The van der Waals surface area contributed by atoms with Gasteiger partial charge in [-0.2, -0.15) is 0 Å². The number of hydrogen-bond donors (Lipinski definition) is 1. The Kier molecular flexibility index (Phi) is 4.82. The average Bonchev–Trinajstić information content (AvgIpc) is 3.17. The minimum atomic E-state index is -1.08. The summed E-state index contributed by atoms with van der Waals surface area (Å²) in [6.07, 6.45) is 2.95. The maximum absolute atomic E-state index is 13.3. The molecular formula is C19H24N4O3. The van der Waals surface area contributed by atoms with Crippen LogP contribution in [-0.4, -0.2) is 52.1 Å². The molecule has 1 unspecified atom stereocenters. The number of likely N-dealkylation sites (tertiary alicyclic amines) is 1. The van der Waals surface area contributed by atoms with Gasteiger partial charge in [0, 0.05) is 31.2 Å². The quantitative estimate of drug-likeness (QED) is 0.881. The summed E-state index contributed by atoms with van der Waals surface area (Å²) < 4.78 is 7.16. The van der Waals surface area contributed by atoms with Crippen LogP contribution in [0.15, 0.2) is 30.5 Å². The first-order valence-corrected chi connectivity index (χ1v) is 8.63. The van der Waals surface area contributed by atoms with Gasteiger partial charge in [-0.05, 0) is 44.9 Å². The summed E-state index contributed by atoms with van der Waals surface area (Å²) in [6, 6.07) is 7.48. The van der Waals surface area contributed by atoms with Crippen molar-refractivity contribution in [2.75, 3.05) is 20.3 Å². The second-order valence-electron chi connectivity index (χ2n) is 6.70. The predicted molar refractivity (Wildman–Crippen MR) is 97.1 cm³/mol. The summed E-state index contributed by atoms with van der Waals surface area (Å²) >= 11 is 0. The van der Waals surface area contributed by atoms with Crippen LogP contribution < -0.4 is 5.73 Å². The standard InChI is InChI=1S/C19H24N4O3/c1-13-11-15(14(2)23(13)16-7-4-5-9-21-16)17(24)22-10-6-8-19(22,12-26-3)18(20)25/h4-5,7,9,11H,6,8,10,12H2,1-3H3,(H2,20,25). The lowest BCUT2D eigenvalue weighted by molar-refractivity contribution is -0.130. The zero-order valence-corrected chi connectivity index (χ0v) is 15.4. The van der Waals surface area contributed by atoms with Crippen LogP contribution in [-0.2, 0) is 9.53 Å². The number of amides is 2. The summed E-state index contributed by atoms with van der Waals surface area (Å²) in [6.45, 7) is 4.40. The van der Waals surface area contributed by atoms with Crippen molar-refractivity contribution in [3.8, 4) is 5.82 Å². The lowest BCUT2D eigenvalue weighted by Crippen LogP contribution is -2.58. The Morgan fingerprint density at radius 1 is 1.35 bits per heavy atom. The number of aryl methyl sites for hydroxylation is 1. The molecule has 2 aromatic heterocycles. The van der Waals surface area contributed by atoms with Crippen molar-refractivity contribution in [1.29, 1.82) is 0 Å². The van der Waals surface area contributed by atoms with Crippen molar-refractivity contribution in [2.24, 2.45) is 5.73 Å². The van der Waals surface area contributed by atoms with Crippen LogP contribution in [0.3, 0.4) is 0 Å². The molecule has 7 nitrogen and oxygen atoms in total. The van der Waals surface area contributed by atoms with E-state index in [4.69, 9.17) is 10.5 Å². The molecule has 138 valence electrons. The number of methoxy groups -OCH3 is 1. The Hall–Kier alpha value is -2.67. The fourth-order valence-corrected chi connectivity index (χ4v) is 3.85. The van der Waals surface area contributed by atoms with Crippen LogP contribution in [0.4, 0.5) is 0 Å². The van der Waals surface area contributed by atoms with Gasteiger partial charge in [0.25, 0.3) is 5.91 Å². The highest BCUT2D eigenvalue weighted by Gasteiger charge is 2.49. The molecule has 2 amide bonds. The van der Waals surface area contributed by atoms with E-state index in [0.717, 1.165) is 23.6 Å². The van der Waals surface area contributed by atoms with Crippen LogP contribution in [0.2, 0.25) is 0 Å². The molecule has 0 radical (unpaired) electrons. The zero-order valence-electron chi connectivity index (χ0n) is 15.4. The van der Waals surface area contributed by atoms with Gasteiger partial charge in [0.2, 0.25) is 5.91 Å². The maximum atomic E-state index is 13.3. The van der Waals surface area contributed by atoms with Crippen LogP contribution in [0, 0.1) is 13.8 Å². The first-order chi connectivity index (χ1) is 12.4. The molecule has 0 aromatic carbocycles. The lowest BCUT2D eigenvalue weighted by atomic mass is 9.95. The van der Waals surface area contributed by atoms with Crippen LogP contribution in [0.5, 0.6) is 0 Å². The third kappa shape index (κ3) is 2.78. The average molecular weight is 356 g/mol. The van der Waals surface area contributed by atoms with Gasteiger partial charge in [0.05, 0.1) is 12.2 Å². The number of aromatic nitrogens is 2. The van der Waals surface area contributed by atoms with E-state index in [1.165, 1.54) is 7.11 Å². The van der Waals surface area contributed by atoms with Crippen molar-refractivity contribution in [3.05, 3.63) is 47.4 Å². The van der Waals surface area contributed by atoms with Crippen LogP contribution in [0.1, 0.15) is 34.6 Å². The number of carbonyl (C=O) groups excluding carboxylic acids is 2. The van der Waals surface area contributed by atoms with E-state index in [2.05, 4.69) is 4.98 Å². The Morgan fingerprint density at radius 2 is 2.12 bits per heavy atom. The largest absolute Gasteiger partial charge is 0.382 e. The molecule has 3 heterocycles. The summed E-state index contributed by atoms with van der Waals surface area (Å²) in [7, 11) is 1.51. The van der Waals surface area contributed by atoms with Crippen LogP contribution >= 0.6 is 0 Å². The topological polar surface area (TPSA) is 90.5 Å². The Bertz CT molecular complexity index is 831. The van der Waals surface area contributed by atoms with Crippen molar-refractivity contribution in [3.63, 3.8) is 0 Å². The Morgan fingerprint density at radius 3 is 2.73 bits per heavy atom. The number of primary amides is 1. The summed E-state index contributed by atoms with van der Waals surface area (Å²) in [5, 5.41) is 0. The van der Waals surface area contributed by atoms with Crippen molar-refractivity contribution >= 4 is 11.8 Å². The van der Waals surface area contributed by atoms with E-state index in [-0.39, 0.29) is 12.5 Å². The third-order valence-corrected chi connectivity index (χ3v) is 5.12. The number of nitrogens with two attached hydrogens (primary N) is 1. The van der Waals surface area contributed by atoms with Crippen molar-refractivity contribution in [1.82, 2.24) is 14.5 Å². The molecule has 3 rings (SSSR count). The van der Waals surface area contributed by atoms with E-state index in [1.807, 2.05) is 42.7 Å². The fraction of sp³-hybridized carbons (Fsp3) is 0.421. The number of ether oxygens (including phenoxy) is 1. The molecule has 0 spiro atoms. The second-order valence-corrected chi connectivity index (χ2v) is 6.70. The van der Waals surface area contributed by atoms with Gasteiger partial charge in [-0.25, -0.2) is 4.98 Å². The molecule has 0 aliphatic carbocycles. The van der Waals surface area contributed by atoms with E-state index in [1.54, 1.807) is 11.1 Å². The van der Waals surface area contributed by atoms with E-state index in [0.29, 0.717) is 18.5 Å². The van der Waals surface area contributed by atoms with Crippen LogP contribution in [0.25, 0.3) is 5.82 Å². The van der Waals surface area contributed by atoms with E-state index in [9.17, 15) is 9.59 Å². The lowest BCUT2D eigenvalue weighted by Gasteiger charge is -2.35. The van der Waals surface area contributed by atoms with Gasteiger partial charge in [-0.3, -0.25) is 9.59 Å². The number of carbonyl (C=O) groups is 2. The molecule has 2 N–H and O–H groups in total. The molecule has 1 atom stereocenters.